The lowest BCUT2D eigenvalue weighted by Gasteiger charge is -2.25. The number of rotatable bonds is 54. The van der Waals surface area contributed by atoms with Gasteiger partial charge < -0.3 is 28.5 Å². The molecule has 0 aliphatic heterocycles. The molecule has 452 valence electrons. The van der Waals surface area contributed by atoms with Gasteiger partial charge in [0.25, 0.3) is 6.29 Å². The molecule has 81 heavy (non-hydrogen) atoms. The first-order chi connectivity index (χ1) is 39.6. The van der Waals surface area contributed by atoms with Gasteiger partial charge in [0.1, 0.15) is 13.2 Å². The molecule has 0 aromatic carbocycles. The number of hydrogen-bond donors (Lipinski definition) is 1. The number of nitrogens with zero attached hydrogens (tertiary/aromatic N) is 1. The summed E-state index contributed by atoms with van der Waals surface area (Å²) >= 11 is 0. The second kappa shape index (κ2) is 60.5. The number of hydrogen-bond acceptors (Lipinski definition) is 7. The van der Waals surface area contributed by atoms with Crippen LogP contribution in [0.15, 0.2) is 182 Å². The molecule has 0 rings (SSSR count). The van der Waals surface area contributed by atoms with E-state index in [1.54, 1.807) is 0 Å². The Morgan fingerprint density at radius 2 is 0.679 bits per heavy atom. The van der Waals surface area contributed by atoms with E-state index in [9.17, 15) is 19.5 Å². The molecule has 0 aliphatic carbocycles. The minimum atomic E-state index is -1.54. The molecule has 2 unspecified atom stereocenters. The van der Waals surface area contributed by atoms with Crippen molar-refractivity contribution in [2.24, 2.45) is 0 Å². The summed E-state index contributed by atoms with van der Waals surface area (Å²) in [6, 6.07) is 0. The zero-order valence-corrected chi connectivity index (χ0v) is 51.4. The Morgan fingerprint density at radius 3 is 1.02 bits per heavy atom. The van der Waals surface area contributed by atoms with Crippen molar-refractivity contribution in [2.45, 2.75) is 206 Å². The van der Waals surface area contributed by atoms with E-state index in [-0.39, 0.29) is 32.7 Å². The number of quaternary nitrogens is 1. The molecule has 9 nitrogen and oxygen atoms in total. The number of carboxylic acid groups (broad SMARTS) is 1. The molecule has 2 atom stereocenters. The van der Waals surface area contributed by atoms with Crippen LogP contribution < -0.4 is 0 Å². The van der Waals surface area contributed by atoms with Crippen LogP contribution in [0, 0.1) is 0 Å². The molecule has 0 spiro atoms. The Balaban J connectivity index is 4.27. The first-order valence-electron chi connectivity index (χ1n) is 30.9. The number of unbranched alkanes of at least 4 members (excludes halogenated alkanes) is 9. The summed E-state index contributed by atoms with van der Waals surface area (Å²) < 4.78 is 22.8. The Labute approximate surface area is 494 Å². The van der Waals surface area contributed by atoms with Gasteiger partial charge >= 0.3 is 17.9 Å². The van der Waals surface area contributed by atoms with E-state index in [0.29, 0.717) is 23.9 Å². The maximum atomic E-state index is 12.9. The predicted octanol–water partition coefficient (Wildman–Crippen LogP) is 18.9. The highest BCUT2D eigenvalue weighted by atomic mass is 16.7. The summed E-state index contributed by atoms with van der Waals surface area (Å²) in [5.41, 5.74) is 0. The van der Waals surface area contributed by atoms with Crippen molar-refractivity contribution in [3.63, 3.8) is 0 Å². The van der Waals surface area contributed by atoms with E-state index in [2.05, 4.69) is 196 Å². The molecular formula is C72H112NO8+. The van der Waals surface area contributed by atoms with Crippen molar-refractivity contribution in [2.75, 3.05) is 47.5 Å². The van der Waals surface area contributed by atoms with Crippen LogP contribution >= 0.6 is 0 Å². The summed E-state index contributed by atoms with van der Waals surface area (Å²) in [5, 5.41) is 9.70. The zero-order chi connectivity index (χ0) is 59.1. The van der Waals surface area contributed by atoms with Gasteiger partial charge in [-0.05, 0) is 128 Å². The molecule has 0 saturated heterocycles. The second-order valence-electron chi connectivity index (χ2n) is 20.9. The topological polar surface area (TPSA) is 108 Å². The van der Waals surface area contributed by atoms with Crippen LogP contribution in [0.5, 0.6) is 0 Å². The molecule has 9 heteroatoms. The van der Waals surface area contributed by atoms with Gasteiger partial charge in [-0.3, -0.25) is 9.59 Å². The molecular weight excluding hydrogens is 1010 g/mol. The van der Waals surface area contributed by atoms with Crippen molar-refractivity contribution in [3.05, 3.63) is 182 Å². The number of carbonyl (C=O) groups excluding carboxylic acids is 2. The van der Waals surface area contributed by atoms with Crippen molar-refractivity contribution in [1.82, 2.24) is 0 Å². The first-order valence-corrected chi connectivity index (χ1v) is 30.9. The van der Waals surface area contributed by atoms with Gasteiger partial charge in [0, 0.05) is 12.8 Å². The fourth-order valence-corrected chi connectivity index (χ4v) is 7.49. The predicted molar refractivity (Wildman–Crippen MR) is 345 cm³/mol. The van der Waals surface area contributed by atoms with E-state index in [0.717, 1.165) is 128 Å². The monoisotopic (exact) mass is 1120 g/mol. The van der Waals surface area contributed by atoms with Crippen LogP contribution in [0.25, 0.3) is 0 Å². The largest absolute Gasteiger partial charge is 0.477 e. The van der Waals surface area contributed by atoms with Gasteiger partial charge in [0.05, 0.1) is 34.4 Å². The molecule has 1 N–H and O–H groups in total. The standard InChI is InChI=1S/C72H111NO8/c1-6-8-10-12-14-16-18-20-22-24-25-26-27-28-29-30-31-32-33-34-35-36-37-38-39-40-41-42-43-44-45-47-49-51-53-55-57-59-61-63-70(75)81-68(67-80-72(71(76)77)78-65-64-73(3,4)5)66-79-69(74)62-60-58-56-54-52-50-48-46-23-21-19-17-15-13-11-9-7-2/h8-11,14-17,20-23,25-26,28-29,31-32,34-35,37-38,40-41,43-44,48,50,54,56,68,72H,6-7,12-13,18-19,24,27,30,33,36,39,42,45-47,49,51-53,55,57-67H2,1-5H3/p+1/b10-8-,11-9-,16-14-,17-15-,22-20-,23-21-,26-25-,29-28-,32-31-,35-34-,38-37-,41-40-,44-43-,50-48-,56-54-. The number of allylic oxidation sites excluding steroid dienone is 30. The molecule has 0 radical (unpaired) electrons. The number of aliphatic carboxylic acids is 1. The van der Waals surface area contributed by atoms with Crippen LogP contribution in [0.3, 0.4) is 0 Å². The maximum Gasteiger partial charge on any atom is 0.361 e. The highest BCUT2D eigenvalue weighted by Crippen LogP contribution is 2.13. The number of carboxylic acids is 1. The summed E-state index contributed by atoms with van der Waals surface area (Å²) in [4.78, 5) is 37.4. The van der Waals surface area contributed by atoms with E-state index in [4.69, 9.17) is 18.9 Å². The zero-order valence-electron chi connectivity index (χ0n) is 51.4. The first kappa shape index (κ1) is 75.4. The van der Waals surface area contributed by atoms with Crippen molar-refractivity contribution < 1.29 is 42.9 Å². The third-order valence-electron chi connectivity index (χ3n) is 12.2. The van der Waals surface area contributed by atoms with Crippen LogP contribution in [0.2, 0.25) is 0 Å². The van der Waals surface area contributed by atoms with Crippen LogP contribution in [-0.2, 0) is 33.3 Å². The summed E-state index contributed by atoms with van der Waals surface area (Å²) in [7, 11) is 5.93. The van der Waals surface area contributed by atoms with Crippen molar-refractivity contribution in [3.8, 4) is 0 Å². The number of ether oxygens (including phenoxy) is 4. The fourth-order valence-electron chi connectivity index (χ4n) is 7.49. The minimum absolute atomic E-state index is 0.167. The lowest BCUT2D eigenvalue weighted by atomic mass is 10.1. The molecule has 0 saturated carbocycles. The van der Waals surface area contributed by atoms with Gasteiger partial charge in [-0.2, -0.15) is 0 Å². The summed E-state index contributed by atoms with van der Waals surface area (Å²) in [5.74, 6) is -2.12. The van der Waals surface area contributed by atoms with E-state index in [1.807, 2.05) is 21.1 Å². The minimum Gasteiger partial charge on any atom is -0.477 e. The average Bonchev–Trinajstić information content (AvgIpc) is 3.44. The number of esters is 2. The van der Waals surface area contributed by atoms with Crippen molar-refractivity contribution in [1.29, 1.82) is 0 Å². The van der Waals surface area contributed by atoms with Gasteiger partial charge in [0.2, 0.25) is 0 Å². The highest BCUT2D eigenvalue weighted by molar-refractivity contribution is 5.71. The van der Waals surface area contributed by atoms with Crippen LogP contribution in [-0.4, -0.2) is 87.4 Å². The van der Waals surface area contributed by atoms with Gasteiger partial charge in [0.15, 0.2) is 6.10 Å². The molecule has 0 aromatic rings. The Bertz CT molecular complexity index is 1980. The molecule has 0 heterocycles. The van der Waals surface area contributed by atoms with Crippen molar-refractivity contribution >= 4 is 17.9 Å². The lowest BCUT2D eigenvalue weighted by Crippen LogP contribution is -2.40. The molecule has 0 fully saturated rings. The smallest absolute Gasteiger partial charge is 0.361 e. The average molecular weight is 1120 g/mol. The highest BCUT2D eigenvalue weighted by Gasteiger charge is 2.25. The SMILES string of the molecule is CC/C=C\C/C=C\C/C=C\C/C=C\C/C=C\C/C=C\C/C=C\C/C=C\C/C=C\C/C=C\CCCCCCCCCCC(=O)OC(COC(=O)CCC/C=C\C/C=C\C/C=C\C/C=C\C/C=C\CC)COC(OCC[N+](C)(C)C)C(=O)O. The summed E-state index contributed by atoms with van der Waals surface area (Å²) in [6.07, 6.45) is 89.9. The molecule has 0 amide bonds. The molecule has 0 aliphatic rings. The van der Waals surface area contributed by atoms with Crippen LogP contribution in [0.4, 0.5) is 0 Å². The van der Waals surface area contributed by atoms with E-state index < -0.39 is 30.3 Å². The summed E-state index contributed by atoms with van der Waals surface area (Å²) in [6.45, 7) is 4.53. The molecule has 0 bridgehead atoms. The normalized spacial score (nSPS) is 14.0. The van der Waals surface area contributed by atoms with Crippen LogP contribution in [0.1, 0.15) is 194 Å². The Hall–Kier alpha value is -5.61. The number of likely N-dealkylation sites (N-methyl/N-ethyl adjacent to an activating group) is 1. The van der Waals surface area contributed by atoms with Gasteiger partial charge in [-0.1, -0.05) is 235 Å². The maximum absolute atomic E-state index is 12.9. The quantitative estimate of drug-likeness (QED) is 0.0211. The Morgan fingerprint density at radius 1 is 0.370 bits per heavy atom. The molecule has 0 aromatic heterocycles. The van der Waals surface area contributed by atoms with Gasteiger partial charge in [-0.15, -0.1) is 0 Å². The second-order valence-corrected chi connectivity index (χ2v) is 20.9. The van der Waals surface area contributed by atoms with Gasteiger partial charge in [-0.25, -0.2) is 4.79 Å². The Kier molecular flexibility index (Phi) is 56.3. The number of carbonyl (C=O) groups is 3. The third kappa shape index (κ3) is 61.9. The van der Waals surface area contributed by atoms with E-state index in [1.165, 1.54) is 25.7 Å². The fraction of sp³-hybridized carbons (Fsp3) is 0.542. The van der Waals surface area contributed by atoms with E-state index >= 15 is 0 Å². The lowest BCUT2D eigenvalue weighted by molar-refractivity contribution is -0.870. The third-order valence-corrected chi connectivity index (χ3v) is 12.2.